The lowest BCUT2D eigenvalue weighted by molar-refractivity contribution is -0.145. The first-order valence-corrected chi connectivity index (χ1v) is 20.3. The van der Waals surface area contributed by atoms with Crippen molar-refractivity contribution in [3.05, 3.63) is 35.9 Å². The zero-order valence-corrected chi connectivity index (χ0v) is 33.2. The molecule has 12 heteroatoms. The van der Waals surface area contributed by atoms with Crippen LogP contribution in [0.1, 0.15) is 161 Å². The fraction of sp³-hybridized carbons (Fsp3) is 0.683. The topological polar surface area (TPSA) is 140 Å². The van der Waals surface area contributed by atoms with Gasteiger partial charge in [0.05, 0.1) is 37.5 Å². The van der Waals surface area contributed by atoms with Crippen LogP contribution in [0.15, 0.2) is 34.4 Å². The van der Waals surface area contributed by atoms with Crippen LogP contribution in [-0.4, -0.2) is 77.0 Å². The van der Waals surface area contributed by atoms with Crippen LogP contribution in [-0.2, 0) is 23.9 Å². The molecule has 2 aromatic rings. The minimum absolute atomic E-state index is 0.0641. The number of aliphatic imine (C=N–C) groups is 1. The van der Waals surface area contributed by atoms with Crippen molar-refractivity contribution in [2.24, 2.45) is 10.1 Å². The lowest BCUT2D eigenvalue weighted by Gasteiger charge is -2.24. The molecule has 294 valence electrons. The van der Waals surface area contributed by atoms with Gasteiger partial charge in [-0.25, -0.2) is 9.98 Å². The molecule has 1 atom stereocenters. The Bertz CT molecular complexity index is 1450. The molecule has 0 spiro atoms. The summed E-state index contributed by atoms with van der Waals surface area (Å²) in [4.78, 5) is 49.9. The fourth-order valence-corrected chi connectivity index (χ4v) is 6.14. The zero-order chi connectivity index (χ0) is 38.3. The number of benzene rings is 1. The molecule has 1 aromatic heterocycles. The van der Waals surface area contributed by atoms with Gasteiger partial charge in [-0.15, -0.1) is 9.89 Å². The first-order chi connectivity index (χ1) is 25.7. The minimum atomic E-state index is -0.332. The van der Waals surface area contributed by atoms with E-state index in [1.807, 2.05) is 45.0 Å². The van der Waals surface area contributed by atoms with Crippen molar-refractivity contribution in [3.8, 4) is 0 Å². The van der Waals surface area contributed by atoms with Crippen LogP contribution in [0.5, 0.6) is 0 Å². The summed E-state index contributed by atoms with van der Waals surface area (Å²) in [5, 5.41) is 12.0. The molecule has 1 N–H and O–H groups in total. The standard InChI is InChI=1S/C41H65N7O5/c1-6-9-11-12-13-14-15-16-17-18-19-20-30-53-37(50)26-25-36(49)42-31-32(4)40-44-41-39(33(5)45-48(41)46-40)43-34-21-23-35(24-22-34)47(28-10-7-2)29-27-38(51)52-8-3/h21-24,32H,6-20,25-31H2,1-5H3,(H,42,49). The molecule has 0 radical (unpaired) electrons. The Morgan fingerprint density at radius 1 is 0.792 bits per heavy atom. The van der Waals surface area contributed by atoms with Gasteiger partial charge >= 0.3 is 11.9 Å². The van der Waals surface area contributed by atoms with Crippen molar-refractivity contribution >= 4 is 40.6 Å². The number of aromatic nitrogens is 3. The highest BCUT2D eigenvalue weighted by Crippen LogP contribution is 2.24. The molecule has 53 heavy (non-hydrogen) atoms. The van der Waals surface area contributed by atoms with E-state index in [1.54, 1.807) is 0 Å². The molecular formula is C41H65N7O5. The molecule has 0 saturated heterocycles. The number of rotatable bonds is 28. The van der Waals surface area contributed by atoms with E-state index >= 15 is 0 Å². The second kappa shape index (κ2) is 25.0. The number of nitrogens with one attached hydrogen (secondary N) is 1. The van der Waals surface area contributed by atoms with E-state index in [-0.39, 0.29) is 36.6 Å². The average molecular weight is 736 g/mol. The Hall–Kier alpha value is -4.09. The summed E-state index contributed by atoms with van der Waals surface area (Å²) >= 11 is 0. The van der Waals surface area contributed by atoms with Crippen molar-refractivity contribution in [3.63, 3.8) is 0 Å². The summed E-state index contributed by atoms with van der Waals surface area (Å²) in [5.41, 5.74) is 3.13. The van der Waals surface area contributed by atoms with E-state index < -0.39 is 0 Å². The van der Waals surface area contributed by atoms with E-state index in [0.29, 0.717) is 55.8 Å². The van der Waals surface area contributed by atoms with Crippen LogP contribution in [0.3, 0.4) is 0 Å². The molecule has 0 saturated carbocycles. The third-order valence-corrected chi connectivity index (χ3v) is 9.40. The highest BCUT2D eigenvalue weighted by atomic mass is 16.5. The number of amides is 1. The van der Waals surface area contributed by atoms with Crippen LogP contribution < -0.4 is 10.2 Å². The number of hydrogen-bond donors (Lipinski definition) is 1. The SMILES string of the molecule is CCCCCCCCCCCCCCOC(=O)CCC(=O)NCC(C)c1nc2n(n1)N=C(C)C2=Nc1ccc(N(CCCC)CCC(=O)OCC)cc1. The summed E-state index contributed by atoms with van der Waals surface area (Å²) in [6.07, 6.45) is 17.7. The molecule has 2 heterocycles. The number of anilines is 1. The van der Waals surface area contributed by atoms with Crippen molar-refractivity contribution in [2.45, 2.75) is 150 Å². The van der Waals surface area contributed by atoms with E-state index in [0.717, 1.165) is 43.6 Å². The number of hydrogen-bond acceptors (Lipinski definition) is 10. The van der Waals surface area contributed by atoms with Crippen LogP contribution in [0, 0.1) is 0 Å². The number of carbonyl (C=O) groups is 3. The van der Waals surface area contributed by atoms with Gasteiger partial charge in [0.15, 0.2) is 5.82 Å². The monoisotopic (exact) mass is 736 g/mol. The molecule has 12 nitrogen and oxygen atoms in total. The normalized spacial score (nSPS) is 13.5. The Morgan fingerprint density at radius 2 is 1.42 bits per heavy atom. The first kappa shape index (κ1) is 43.3. The van der Waals surface area contributed by atoms with Crippen molar-refractivity contribution < 1.29 is 23.9 Å². The molecule has 1 aromatic carbocycles. The fourth-order valence-electron chi connectivity index (χ4n) is 6.14. The van der Waals surface area contributed by atoms with Gasteiger partial charge in [-0.05, 0) is 51.0 Å². The Labute approximate surface area is 317 Å². The van der Waals surface area contributed by atoms with E-state index in [9.17, 15) is 14.4 Å². The van der Waals surface area contributed by atoms with Gasteiger partial charge in [-0.3, -0.25) is 14.4 Å². The molecular weight excluding hydrogens is 670 g/mol. The lowest BCUT2D eigenvalue weighted by atomic mass is 10.1. The maximum absolute atomic E-state index is 12.5. The number of carbonyl (C=O) groups excluding carboxylic acids is 3. The number of ether oxygens (including phenoxy) is 2. The maximum atomic E-state index is 12.5. The summed E-state index contributed by atoms with van der Waals surface area (Å²) < 4.78 is 10.5. The quantitative estimate of drug-likeness (QED) is 0.0678. The van der Waals surface area contributed by atoms with Crippen LogP contribution >= 0.6 is 0 Å². The van der Waals surface area contributed by atoms with E-state index in [2.05, 4.69) is 34.3 Å². The van der Waals surface area contributed by atoms with E-state index in [1.165, 1.54) is 69.0 Å². The van der Waals surface area contributed by atoms with Crippen molar-refractivity contribution in [1.29, 1.82) is 0 Å². The predicted molar refractivity (Wildman–Crippen MR) is 212 cm³/mol. The van der Waals surface area contributed by atoms with Gasteiger partial charge in [0, 0.05) is 37.7 Å². The summed E-state index contributed by atoms with van der Waals surface area (Å²) in [6.45, 7) is 12.6. The molecule has 0 bridgehead atoms. The summed E-state index contributed by atoms with van der Waals surface area (Å²) in [5.74, 6) is 0.199. The second-order valence-corrected chi connectivity index (χ2v) is 14.1. The highest BCUT2D eigenvalue weighted by Gasteiger charge is 2.26. The molecule has 1 unspecified atom stereocenters. The van der Waals surface area contributed by atoms with Gasteiger partial charge in [0.25, 0.3) is 0 Å². The highest BCUT2D eigenvalue weighted by molar-refractivity contribution is 6.48. The molecule has 0 aliphatic carbocycles. The van der Waals surface area contributed by atoms with Crippen LogP contribution in [0.2, 0.25) is 0 Å². The van der Waals surface area contributed by atoms with Crippen molar-refractivity contribution in [1.82, 2.24) is 20.2 Å². The summed E-state index contributed by atoms with van der Waals surface area (Å²) in [7, 11) is 0. The van der Waals surface area contributed by atoms with Crippen LogP contribution in [0.4, 0.5) is 11.4 Å². The predicted octanol–water partition coefficient (Wildman–Crippen LogP) is 8.44. The van der Waals surface area contributed by atoms with Gasteiger partial charge in [0.1, 0.15) is 5.71 Å². The third-order valence-electron chi connectivity index (χ3n) is 9.40. The molecule has 1 aliphatic heterocycles. The Kier molecular flexibility index (Phi) is 20.5. The Balaban J connectivity index is 1.37. The zero-order valence-electron chi connectivity index (χ0n) is 33.2. The second-order valence-electron chi connectivity index (χ2n) is 14.1. The van der Waals surface area contributed by atoms with Crippen molar-refractivity contribution in [2.75, 3.05) is 37.7 Å². The minimum Gasteiger partial charge on any atom is -0.466 e. The molecule has 1 amide bonds. The first-order valence-electron chi connectivity index (χ1n) is 20.3. The van der Waals surface area contributed by atoms with Gasteiger partial charge in [0.2, 0.25) is 11.7 Å². The smallest absolute Gasteiger partial charge is 0.307 e. The third kappa shape index (κ3) is 16.2. The maximum Gasteiger partial charge on any atom is 0.307 e. The largest absolute Gasteiger partial charge is 0.466 e. The number of esters is 2. The van der Waals surface area contributed by atoms with Crippen LogP contribution in [0.25, 0.3) is 0 Å². The van der Waals surface area contributed by atoms with Gasteiger partial charge in [-0.2, -0.15) is 5.10 Å². The number of fused-ring (bicyclic) bond motifs is 1. The number of nitrogens with zero attached hydrogens (tertiary/aromatic N) is 6. The number of unbranched alkanes of at least 4 members (excludes halogenated alkanes) is 12. The Morgan fingerprint density at radius 3 is 2.06 bits per heavy atom. The lowest BCUT2D eigenvalue weighted by Crippen LogP contribution is -2.28. The molecule has 3 rings (SSSR count). The molecule has 0 fully saturated rings. The van der Waals surface area contributed by atoms with Gasteiger partial charge < -0.3 is 19.7 Å². The average Bonchev–Trinajstić information content (AvgIpc) is 3.69. The molecule has 1 aliphatic rings. The van der Waals surface area contributed by atoms with Gasteiger partial charge in [-0.1, -0.05) is 97.8 Å². The summed E-state index contributed by atoms with van der Waals surface area (Å²) in [6, 6.07) is 7.93. The van der Waals surface area contributed by atoms with E-state index in [4.69, 9.17) is 19.5 Å².